The summed E-state index contributed by atoms with van der Waals surface area (Å²) in [7, 11) is -3.68. The Morgan fingerprint density at radius 1 is 1.00 bits per heavy atom. The van der Waals surface area contributed by atoms with E-state index in [4.69, 9.17) is 4.74 Å². The smallest absolute Gasteiger partial charge is 0.243 e. The summed E-state index contributed by atoms with van der Waals surface area (Å²) in [6, 6.07) is 6.50. The molecule has 0 saturated carbocycles. The Morgan fingerprint density at radius 3 is 2.38 bits per heavy atom. The molecule has 3 aliphatic rings. The van der Waals surface area contributed by atoms with Crippen LogP contribution in [0.25, 0.3) is 0 Å². The highest BCUT2D eigenvalue weighted by molar-refractivity contribution is 7.89. The van der Waals surface area contributed by atoms with Crippen molar-refractivity contribution in [3.8, 4) is 0 Å². The van der Waals surface area contributed by atoms with Crippen molar-refractivity contribution in [2.75, 3.05) is 50.8 Å². The normalized spacial score (nSPS) is 24.1. The predicted molar refractivity (Wildman–Crippen MR) is 107 cm³/mol. The van der Waals surface area contributed by atoms with Crippen LogP contribution in [0.4, 0.5) is 5.69 Å². The van der Waals surface area contributed by atoms with Crippen LogP contribution >= 0.6 is 0 Å². The molecule has 3 saturated heterocycles. The molecule has 1 aromatic rings. The summed E-state index contributed by atoms with van der Waals surface area (Å²) in [5, 5.41) is 0. The molecule has 0 bridgehead atoms. The molecule has 3 aliphatic heterocycles. The summed E-state index contributed by atoms with van der Waals surface area (Å²) in [4.78, 5) is 28.4. The van der Waals surface area contributed by atoms with Crippen molar-refractivity contribution in [2.45, 2.75) is 30.6 Å². The number of morpholine rings is 1. The molecule has 2 amide bonds. The Hall–Kier alpha value is -1.97. The molecule has 0 N–H and O–H groups in total. The molecule has 0 radical (unpaired) electrons. The van der Waals surface area contributed by atoms with Crippen molar-refractivity contribution >= 4 is 27.5 Å². The van der Waals surface area contributed by atoms with Crippen molar-refractivity contribution in [3.63, 3.8) is 0 Å². The van der Waals surface area contributed by atoms with Crippen molar-refractivity contribution in [2.24, 2.45) is 5.92 Å². The largest absolute Gasteiger partial charge is 0.378 e. The van der Waals surface area contributed by atoms with Gasteiger partial charge in [0, 0.05) is 44.8 Å². The van der Waals surface area contributed by atoms with Gasteiger partial charge in [-0.25, -0.2) is 8.42 Å². The molecule has 1 aromatic carbocycles. The summed E-state index contributed by atoms with van der Waals surface area (Å²) in [5.74, 6) is -0.213. The van der Waals surface area contributed by atoms with Crippen LogP contribution in [0.1, 0.15) is 25.7 Å². The zero-order chi connectivity index (χ0) is 20.4. The maximum Gasteiger partial charge on any atom is 0.243 e. The summed E-state index contributed by atoms with van der Waals surface area (Å²) in [5.41, 5.74) is 0.727. The number of benzene rings is 1. The number of sulfonamides is 1. The second kappa shape index (κ2) is 8.41. The van der Waals surface area contributed by atoms with E-state index in [-0.39, 0.29) is 29.2 Å². The number of ether oxygens (including phenoxy) is 1. The molecule has 1 unspecified atom stereocenters. The molecule has 0 spiro atoms. The number of hydrogen-bond donors (Lipinski definition) is 0. The van der Waals surface area contributed by atoms with Crippen LogP contribution in [-0.4, -0.2) is 75.4 Å². The molecular weight excluding hydrogens is 394 g/mol. The number of carbonyl (C=O) groups excluding carboxylic acids is 2. The van der Waals surface area contributed by atoms with Gasteiger partial charge in [-0.05, 0) is 43.5 Å². The number of nitrogens with zero attached hydrogens (tertiary/aromatic N) is 3. The SMILES string of the molecule is O=C(C1CCCN(S(=O)(=O)c2ccc(N3CCCC3=O)cc2)C1)N1CCOCC1. The van der Waals surface area contributed by atoms with Gasteiger partial charge in [0.1, 0.15) is 0 Å². The lowest BCUT2D eigenvalue weighted by Crippen LogP contribution is -2.49. The zero-order valence-electron chi connectivity index (χ0n) is 16.5. The number of hydrogen-bond acceptors (Lipinski definition) is 5. The van der Waals surface area contributed by atoms with Gasteiger partial charge in [0.25, 0.3) is 0 Å². The average molecular weight is 422 g/mol. The van der Waals surface area contributed by atoms with Crippen LogP contribution in [0, 0.1) is 5.92 Å². The first kappa shape index (κ1) is 20.3. The van der Waals surface area contributed by atoms with E-state index in [1.54, 1.807) is 34.1 Å². The molecule has 8 nitrogen and oxygen atoms in total. The Bertz CT molecular complexity index is 865. The van der Waals surface area contributed by atoms with Crippen LogP contribution in [-0.2, 0) is 24.3 Å². The van der Waals surface area contributed by atoms with E-state index in [0.29, 0.717) is 58.7 Å². The van der Waals surface area contributed by atoms with E-state index >= 15 is 0 Å². The topological polar surface area (TPSA) is 87.2 Å². The maximum absolute atomic E-state index is 13.1. The standard InChI is InChI=1S/C20H27N3O5S/c24-19-4-2-10-23(19)17-5-7-18(8-6-17)29(26,27)22-9-1-3-16(15-22)20(25)21-11-13-28-14-12-21/h5-8,16H,1-4,9-15H2. The van der Waals surface area contributed by atoms with Gasteiger partial charge in [0.15, 0.2) is 0 Å². The molecule has 0 aliphatic carbocycles. The molecule has 3 fully saturated rings. The highest BCUT2D eigenvalue weighted by Gasteiger charge is 2.35. The molecule has 9 heteroatoms. The van der Waals surface area contributed by atoms with Crippen LogP contribution in [0.15, 0.2) is 29.2 Å². The Labute approximate surface area is 171 Å². The summed E-state index contributed by atoms with van der Waals surface area (Å²) in [6.45, 7) is 3.51. The van der Waals surface area contributed by atoms with Crippen molar-refractivity contribution in [1.82, 2.24) is 9.21 Å². The molecule has 158 valence electrons. The minimum Gasteiger partial charge on any atom is -0.378 e. The Morgan fingerprint density at radius 2 is 1.72 bits per heavy atom. The van der Waals surface area contributed by atoms with Gasteiger partial charge < -0.3 is 14.5 Å². The van der Waals surface area contributed by atoms with E-state index in [1.165, 1.54) is 4.31 Å². The first-order valence-electron chi connectivity index (χ1n) is 10.2. The zero-order valence-corrected chi connectivity index (χ0v) is 17.3. The van der Waals surface area contributed by atoms with Gasteiger partial charge in [0.05, 0.1) is 24.0 Å². The Kier molecular flexibility index (Phi) is 5.89. The van der Waals surface area contributed by atoms with E-state index in [0.717, 1.165) is 12.1 Å². The molecule has 4 rings (SSSR count). The molecule has 0 aromatic heterocycles. The molecule has 1 atom stereocenters. The van der Waals surface area contributed by atoms with Gasteiger partial charge in [-0.3, -0.25) is 9.59 Å². The van der Waals surface area contributed by atoms with E-state index in [1.807, 2.05) is 0 Å². The highest BCUT2D eigenvalue weighted by atomic mass is 32.2. The highest BCUT2D eigenvalue weighted by Crippen LogP contribution is 2.28. The minimum atomic E-state index is -3.68. The lowest BCUT2D eigenvalue weighted by molar-refractivity contribution is -0.140. The van der Waals surface area contributed by atoms with E-state index in [2.05, 4.69) is 0 Å². The second-order valence-electron chi connectivity index (χ2n) is 7.78. The van der Waals surface area contributed by atoms with Gasteiger partial charge in [-0.1, -0.05) is 0 Å². The quantitative estimate of drug-likeness (QED) is 0.726. The molecule has 29 heavy (non-hydrogen) atoms. The number of amides is 2. The second-order valence-corrected chi connectivity index (χ2v) is 9.72. The van der Waals surface area contributed by atoms with Gasteiger partial charge in [-0.15, -0.1) is 0 Å². The Balaban J connectivity index is 1.46. The fourth-order valence-corrected chi connectivity index (χ4v) is 5.80. The number of anilines is 1. The minimum absolute atomic E-state index is 0.0242. The van der Waals surface area contributed by atoms with E-state index in [9.17, 15) is 18.0 Å². The fourth-order valence-electron chi connectivity index (χ4n) is 4.27. The van der Waals surface area contributed by atoms with Crippen LogP contribution in [0.2, 0.25) is 0 Å². The third-order valence-electron chi connectivity index (χ3n) is 5.92. The van der Waals surface area contributed by atoms with Crippen LogP contribution in [0.3, 0.4) is 0 Å². The first-order chi connectivity index (χ1) is 14.0. The van der Waals surface area contributed by atoms with Gasteiger partial charge >= 0.3 is 0 Å². The molecule has 3 heterocycles. The molecular formula is C20H27N3O5S. The lowest BCUT2D eigenvalue weighted by atomic mass is 9.98. The van der Waals surface area contributed by atoms with Crippen LogP contribution in [0.5, 0.6) is 0 Å². The lowest BCUT2D eigenvalue weighted by Gasteiger charge is -2.35. The van der Waals surface area contributed by atoms with E-state index < -0.39 is 10.0 Å². The fraction of sp³-hybridized carbons (Fsp3) is 0.600. The summed E-state index contributed by atoms with van der Waals surface area (Å²) in [6.07, 6.45) is 2.73. The monoisotopic (exact) mass is 421 g/mol. The van der Waals surface area contributed by atoms with Gasteiger partial charge in [0.2, 0.25) is 21.8 Å². The van der Waals surface area contributed by atoms with Crippen LogP contribution < -0.4 is 4.90 Å². The maximum atomic E-state index is 13.1. The number of piperidine rings is 1. The summed E-state index contributed by atoms with van der Waals surface area (Å²) < 4.78 is 33.0. The first-order valence-corrected chi connectivity index (χ1v) is 11.7. The number of carbonyl (C=O) groups is 2. The summed E-state index contributed by atoms with van der Waals surface area (Å²) >= 11 is 0. The third-order valence-corrected chi connectivity index (χ3v) is 7.80. The predicted octanol–water partition coefficient (Wildman–Crippen LogP) is 1.07. The number of rotatable bonds is 4. The van der Waals surface area contributed by atoms with Gasteiger partial charge in [-0.2, -0.15) is 4.31 Å². The van der Waals surface area contributed by atoms with Crippen molar-refractivity contribution < 1.29 is 22.7 Å². The van der Waals surface area contributed by atoms with Crippen molar-refractivity contribution in [1.29, 1.82) is 0 Å². The third kappa shape index (κ3) is 4.17. The van der Waals surface area contributed by atoms with Crippen molar-refractivity contribution in [3.05, 3.63) is 24.3 Å². The average Bonchev–Trinajstić information content (AvgIpc) is 3.20.